The summed E-state index contributed by atoms with van der Waals surface area (Å²) in [6, 6.07) is 0.666. The smallest absolute Gasteiger partial charge is 0.0897 e. The van der Waals surface area contributed by atoms with E-state index >= 15 is 0 Å². The van der Waals surface area contributed by atoms with Gasteiger partial charge in [0.25, 0.3) is 0 Å². The maximum Gasteiger partial charge on any atom is 0.0897 e. The molecule has 2 aliphatic carbocycles. The highest BCUT2D eigenvalue weighted by Gasteiger charge is 2.39. The summed E-state index contributed by atoms with van der Waals surface area (Å²) in [5.41, 5.74) is 0. The lowest BCUT2D eigenvalue weighted by Crippen LogP contribution is -2.40. The number of fused-ring (bicyclic) bond motifs is 2. The summed E-state index contributed by atoms with van der Waals surface area (Å²) >= 11 is 0. The fourth-order valence-electron chi connectivity index (χ4n) is 3.31. The van der Waals surface area contributed by atoms with E-state index in [0.717, 1.165) is 31.3 Å². The van der Waals surface area contributed by atoms with Gasteiger partial charge in [-0.3, -0.25) is 0 Å². The van der Waals surface area contributed by atoms with Crippen molar-refractivity contribution in [2.45, 2.75) is 57.6 Å². The Bertz CT molecular complexity index is 222. The van der Waals surface area contributed by atoms with Gasteiger partial charge in [-0.2, -0.15) is 0 Å². The normalized spacial score (nSPS) is 33.2. The quantitative estimate of drug-likeness (QED) is 0.638. The second-order valence-electron chi connectivity index (χ2n) is 5.77. The Balaban J connectivity index is 1.52. The van der Waals surface area contributed by atoms with Crippen molar-refractivity contribution in [2.75, 3.05) is 19.8 Å². The van der Waals surface area contributed by atoms with Crippen molar-refractivity contribution in [3.63, 3.8) is 0 Å². The van der Waals surface area contributed by atoms with Crippen molar-refractivity contribution < 1.29 is 9.84 Å². The number of aliphatic hydroxyl groups is 1. The Hall–Kier alpha value is -0.120. The van der Waals surface area contributed by atoms with Crippen molar-refractivity contribution in [2.24, 2.45) is 11.8 Å². The summed E-state index contributed by atoms with van der Waals surface area (Å²) < 4.78 is 5.42. The Kier molecular flexibility index (Phi) is 5.26. The zero-order chi connectivity index (χ0) is 12.1. The monoisotopic (exact) mass is 241 g/mol. The third-order valence-corrected chi connectivity index (χ3v) is 4.31. The lowest BCUT2D eigenvalue weighted by atomic mass is 9.95. The summed E-state index contributed by atoms with van der Waals surface area (Å²) in [4.78, 5) is 0. The molecule has 3 nitrogen and oxygen atoms in total. The van der Waals surface area contributed by atoms with Crippen molar-refractivity contribution in [1.82, 2.24) is 5.32 Å². The van der Waals surface area contributed by atoms with Crippen LogP contribution in [0.3, 0.4) is 0 Å². The fraction of sp³-hybridized carbons (Fsp3) is 1.00. The second-order valence-corrected chi connectivity index (χ2v) is 5.77. The molecule has 3 heteroatoms. The maximum absolute atomic E-state index is 9.79. The zero-order valence-electron chi connectivity index (χ0n) is 11.0. The molecule has 2 saturated carbocycles. The van der Waals surface area contributed by atoms with Crippen LogP contribution in [-0.2, 0) is 4.74 Å². The summed E-state index contributed by atoms with van der Waals surface area (Å²) in [5.74, 6) is 1.85. The minimum atomic E-state index is -0.342. The molecule has 0 saturated heterocycles. The average Bonchev–Trinajstić information content (AvgIpc) is 2.94. The molecule has 100 valence electrons. The number of aliphatic hydroxyl groups excluding tert-OH is 1. The minimum absolute atomic E-state index is 0.342. The predicted octanol–water partition coefficient (Wildman–Crippen LogP) is 1.94. The first kappa shape index (κ1) is 13.3. The molecule has 2 fully saturated rings. The summed E-state index contributed by atoms with van der Waals surface area (Å²) in [6.45, 7) is 4.10. The number of hydrogen-bond donors (Lipinski definition) is 2. The van der Waals surface area contributed by atoms with Crippen LogP contribution in [0.1, 0.15) is 45.4 Å². The Morgan fingerprint density at radius 1 is 1.35 bits per heavy atom. The molecule has 0 spiro atoms. The van der Waals surface area contributed by atoms with E-state index in [1.807, 2.05) is 0 Å². The van der Waals surface area contributed by atoms with Gasteiger partial charge in [-0.1, -0.05) is 19.8 Å². The second kappa shape index (κ2) is 6.72. The van der Waals surface area contributed by atoms with Gasteiger partial charge >= 0.3 is 0 Å². The molecule has 0 amide bonds. The first-order valence-electron chi connectivity index (χ1n) is 7.28. The van der Waals surface area contributed by atoms with Crippen LogP contribution in [0.15, 0.2) is 0 Å². The van der Waals surface area contributed by atoms with Gasteiger partial charge in [0, 0.05) is 19.2 Å². The molecular weight excluding hydrogens is 214 g/mol. The highest BCUT2D eigenvalue weighted by Crippen LogP contribution is 2.44. The van der Waals surface area contributed by atoms with Gasteiger partial charge in [-0.15, -0.1) is 0 Å². The Morgan fingerprint density at radius 2 is 2.24 bits per heavy atom. The van der Waals surface area contributed by atoms with Crippen molar-refractivity contribution in [3.8, 4) is 0 Å². The highest BCUT2D eigenvalue weighted by atomic mass is 16.5. The van der Waals surface area contributed by atoms with Gasteiger partial charge in [0.1, 0.15) is 0 Å². The van der Waals surface area contributed by atoms with E-state index in [0.29, 0.717) is 19.2 Å². The molecule has 2 bridgehead atoms. The number of rotatable bonds is 8. The average molecular weight is 241 g/mol. The largest absolute Gasteiger partial charge is 0.389 e. The van der Waals surface area contributed by atoms with Gasteiger partial charge < -0.3 is 15.2 Å². The van der Waals surface area contributed by atoms with Crippen LogP contribution in [0, 0.1) is 11.8 Å². The molecule has 0 aromatic heterocycles. The van der Waals surface area contributed by atoms with Gasteiger partial charge in [0.15, 0.2) is 0 Å². The first-order valence-corrected chi connectivity index (χ1v) is 7.28. The fourth-order valence-corrected chi connectivity index (χ4v) is 3.31. The van der Waals surface area contributed by atoms with E-state index < -0.39 is 0 Å². The van der Waals surface area contributed by atoms with E-state index in [9.17, 15) is 5.11 Å². The number of ether oxygens (including phenoxy) is 1. The SMILES string of the molecule is CCCCOCC(O)CNC1CC2CCC1C2. The summed E-state index contributed by atoms with van der Waals surface area (Å²) in [5, 5.41) is 13.3. The van der Waals surface area contributed by atoms with E-state index in [4.69, 9.17) is 4.74 Å². The van der Waals surface area contributed by atoms with Gasteiger partial charge in [-0.05, 0) is 37.5 Å². The van der Waals surface area contributed by atoms with Crippen LogP contribution in [0.2, 0.25) is 0 Å². The molecule has 2 rings (SSSR count). The van der Waals surface area contributed by atoms with E-state index in [-0.39, 0.29) is 6.10 Å². The summed E-state index contributed by atoms with van der Waals surface area (Å²) in [7, 11) is 0. The van der Waals surface area contributed by atoms with Crippen molar-refractivity contribution in [1.29, 1.82) is 0 Å². The van der Waals surface area contributed by atoms with Crippen LogP contribution < -0.4 is 5.32 Å². The Labute approximate surface area is 105 Å². The molecule has 4 atom stereocenters. The van der Waals surface area contributed by atoms with Gasteiger partial charge in [-0.25, -0.2) is 0 Å². The van der Waals surface area contributed by atoms with E-state index in [2.05, 4.69) is 12.2 Å². The zero-order valence-corrected chi connectivity index (χ0v) is 11.0. The van der Waals surface area contributed by atoms with Crippen LogP contribution in [-0.4, -0.2) is 37.0 Å². The molecular formula is C14H27NO2. The van der Waals surface area contributed by atoms with Crippen LogP contribution in [0.4, 0.5) is 0 Å². The predicted molar refractivity (Wildman–Crippen MR) is 69.0 cm³/mol. The molecule has 2 aliphatic rings. The molecule has 0 heterocycles. The van der Waals surface area contributed by atoms with E-state index in [1.54, 1.807) is 0 Å². The molecule has 0 aliphatic heterocycles. The van der Waals surface area contributed by atoms with Crippen molar-refractivity contribution in [3.05, 3.63) is 0 Å². The van der Waals surface area contributed by atoms with Gasteiger partial charge in [0.2, 0.25) is 0 Å². The van der Waals surface area contributed by atoms with Crippen molar-refractivity contribution >= 4 is 0 Å². The molecule has 2 N–H and O–H groups in total. The third kappa shape index (κ3) is 3.94. The highest BCUT2D eigenvalue weighted by molar-refractivity contribution is 4.94. The lowest BCUT2D eigenvalue weighted by Gasteiger charge is -2.24. The Morgan fingerprint density at radius 3 is 2.88 bits per heavy atom. The topological polar surface area (TPSA) is 41.5 Å². The number of nitrogens with one attached hydrogen (secondary N) is 1. The minimum Gasteiger partial charge on any atom is -0.389 e. The standard InChI is InChI=1S/C14H27NO2/c1-2-3-6-17-10-13(16)9-15-14-8-11-4-5-12(14)7-11/h11-16H,2-10H2,1H3. The molecule has 0 aromatic carbocycles. The number of hydrogen-bond acceptors (Lipinski definition) is 3. The van der Waals surface area contributed by atoms with Gasteiger partial charge in [0.05, 0.1) is 12.7 Å². The molecule has 4 unspecified atom stereocenters. The molecule has 17 heavy (non-hydrogen) atoms. The van der Waals surface area contributed by atoms with Crippen LogP contribution in [0.25, 0.3) is 0 Å². The first-order chi connectivity index (χ1) is 8.29. The molecule has 0 radical (unpaired) electrons. The maximum atomic E-state index is 9.79. The van der Waals surface area contributed by atoms with Crippen LogP contribution in [0.5, 0.6) is 0 Å². The molecule has 0 aromatic rings. The van der Waals surface area contributed by atoms with E-state index in [1.165, 1.54) is 25.7 Å². The third-order valence-electron chi connectivity index (χ3n) is 4.31. The lowest BCUT2D eigenvalue weighted by molar-refractivity contribution is 0.0336. The summed E-state index contributed by atoms with van der Waals surface area (Å²) in [6.07, 6.45) is 7.48. The van der Waals surface area contributed by atoms with Crippen LogP contribution >= 0.6 is 0 Å². The number of unbranched alkanes of at least 4 members (excludes halogenated alkanes) is 1.